The fourth-order valence-electron chi connectivity index (χ4n) is 3.03. The monoisotopic (exact) mass is 334 g/mol. The second kappa shape index (κ2) is 5.74. The van der Waals surface area contributed by atoms with Gasteiger partial charge >= 0.3 is 0 Å². The average molecular weight is 334 g/mol. The summed E-state index contributed by atoms with van der Waals surface area (Å²) < 4.78 is 16.9. The molecule has 1 amide bonds. The van der Waals surface area contributed by atoms with Crippen LogP contribution in [0.25, 0.3) is 10.8 Å². The van der Waals surface area contributed by atoms with E-state index in [1.54, 1.807) is 5.38 Å². The lowest BCUT2D eigenvalue weighted by Gasteiger charge is -2.37. The van der Waals surface area contributed by atoms with Crippen LogP contribution in [0.4, 0.5) is 0 Å². The molecule has 1 spiro atoms. The van der Waals surface area contributed by atoms with Gasteiger partial charge in [-0.25, -0.2) is 4.98 Å². The standard InChI is InChI=1S/C16H18N2O4S/c1-11-2-3-13(22-11)14-17-12(10-23-14)15(19)18-6-4-16(5-7-18)20-8-9-21-16/h2-3,10H,4-9H2,1H3. The maximum atomic E-state index is 12.6. The molecule has 2 aromatic heterocycles. The maximum absolute atomic E-state index is 12.6. The normalized spacial score (nSPS) is 20.3. The third-order valence-electron chi connectivity index (χ3n) is 4.30. The number of thiazole rings is 1. The first kappa shape index (κ1) is 14.9. The number of carbonyl (C=O) groups excluding carboxylic acids is 1. The Morgan fingerprint density at radius 2 is 2.00 bits per heavy atom. The summed E-state index contributed by atoms with van der Waals surface area (Å²) in [6.45, 7) is 4.44. The second-order valence-corrected chi connectivity index (χ2v) is 6.71. The molecule has 0 atom stereocenters. The molecule has 0 unspecified atom stereocenters. The van der Waals surface area contributed by atoms with Crippen LogP contribution in [0.2, 0.25) is 0 Å². The minimum Gasteiger partial charge on any atom is -0.459 e. The van der Waals surface area contributed by atoms with Gasteiger partial charge in [-0.2, -0.15) is 0 Å². The average Bonchev–Trinajstić information content (AvgIpc) is 3.28. The van der Waals surface area contributed by atoms with Crippen LogP contribution in [0.5, 0.6) is 0 Å². The SMILES string of the molecule is Cc1ccc(-c2nc(C(=O)N3CCC4(CC3)OCCO4)cs2)o1. The van der Waals surface area contributed by atoms with Crippen LogP contribution in [0.3, 0.4) is 0 Å². The Bertz CT molecular complexity index is 707. The van der Waals surface area contributed by atoms with Gasteiger partial charge in [0.05, 0.1) is 13.2 Å². The third kappa shape index (κ3) is 2.80. The predicted molar refractivity (Wildman–Crippen MR) is 84.3 cm³/mol. The number of ether oxygens (including phenoxy) is 2. The molecular formula is C16H18N2O4S. The topological polar surface area (TPSA) is 64.8 Å². The summed E-state index contributed by atoms with van der Waals surface area (Å²) in [5, 5.41) is 2.53. The van der Waals surface area contributed by atoms with E-state index in [-0.39, 0.29) is 5.91 Å². The molecule has 2 aliphatic heterocycles. The van der Waals surface area contributed by atoms with Crippen LogP contribution in [-0.4, -0.2) is 47.9 Å². The van der Waals surface area contributed by atoms with Crippen molar-refractivity contribution in [2.45, 2.75) is 25.6 Å². The molecular weight excluding hydrogens is 316 g/mol. The van der Waals surface area contributed by atoms with E-state index in [2.05, 4.69) is 4.98 Å². The number of likely N-dealkylation sites (tertiary alicyclic amines) is 1. The van der Waals surface area contributed by atoms with Gasteiger partial charge in [0.2, 0.25) is 0 Å². The van der Waals surface area contributed by atoms with E-state index in [0.717, 1.165) is 10.8 Å². The molecule has 4 heterocycles. The largest absolute Gasteiger partial charge is 0.459 e. The summed E-state index contributed by atoms with van der Waals surface area (Å²) >= 11 is 1.43. The number of amides is 1. The first-order chi connectivity index (χ1) is 11.2. The lowest BCUT2D eigenvalue weighted by Crippen LogP contribution is -2.47. The highest BCUT2D eigenvalue weighted by Crippen LogP contribution is 2.32. The van der Waals surface area contributed by atoms with E-state index in [4.69, 9.17) is 13.9 Å². The Hall–Kier alpha value is -1.70. The lowest BCUT2D eigenvalue weighted by atomic mass is 10.0. The number of aromatic nitrogens is 1. The van der Waals surface area contributed by atoms with Crippen molar-refractivity contribution < 1.29 is 18.7 Å². The fraction of sp³-hybridized carbons (Fsp3) is 0.500. The lowest BCUT2D eigenvalue weighted by molar-refractivity contribution is -0.181. The van der Waals surface area contributed by atoms with Gasteiger partial charge in [0, 0.05) is 31.3 Å². The number of nitrogens with zero attached hydrogens (tertiary/aromatic N) is 2. The number of hydrogen-bond donors (Lipinski definition) is 0. The van der Waals surface area contributed by atoms with Crippen LogP contribution in [0.15, 0.2) is 21.9 Å². The van der Waals surface area contributed by atoms with Crippen LogP contribution in [-0.2, 0) is 9.47 Å². The van der Waals surface area contributed by atoms with E-state index >= 15 is 0 Å². The van der Waals surface area contributed by atoms with Crippen molar-refractivity contribution in [3.63, 3.8) is 0 Å². The molecule has 0 aliphatic carbocycles. The third-order valence-corrected chi connectivity index (χ3v) is 5.16. The van der Waals surface area contributed by atoms with Crippen molar-refractivity contribution in [3.8, 4) is 10.8 Å². The van der Waals surface area contributed by atoms with E-state index < -0.39 is 5.79 Å². The smallest absolute Gasteiger partial charge is 0.273 e. The highest BCUT2D eigenvalue weighted by Gasteiger charge is 2.41. The number of piperidine rings is 1. The number of aryl methyl sites for hydroxylation is 1. The Labute approximate surface area is 138 Å². The first-order valence-electron chi connectivity index (χ1n) is 7.75. The van der Waals surface area contributed by atoms with Crippen molar-refractivity contribution >= 4 is 17.2 Å². The Kier molecular flexibility index (Phi) is 3.71. The van der Waals surface area contributed by atoms with E-state index in [1.807, 2.05) is 24.0 Å². The second-order valence-electron chi connectivity index (χ2n) is 5.85. The van der Waals surface area contributed by atoms with E-state index in [1.165, 1.54) is 11.3 Å². The minimum atomic E-state index is -0.463. The van der Waals surface area contributed by atoms with Gasteiger partial charge in [-0.1, -0.05) is 0 Å². The van der Waals surface area contributed by atoms with Crippen LogP contribution < -0.4 is 0 Å². The molecule has 122 valence electrons. The molecule has 0 aromatic carbocycles. The highest BCUT2D eigenvalue weighted by atomic mass is 32.1. The molecule has 23 heavy (non-hydrogen) atoms. The molecule has 6 nitrogen and oxygen atoms in total. The van der Waals surface area contributed by atoms with Crippen LogP contribution in [0, 0.1) is 6.92 Å². The van der Waals surface area contributed by atoms with Gasteiger partial charge in [-0.3, -0.25) is 4.79 Å². The van der Waals surface area contributed by atoms with Crippen molar-refractivity contribution in [2.24, 2.45) is 0 Å². The van der Waals surface area contributed by atoms with Gasteiger partial charge in [0.1, 0.15) is 11.5 Å². The van der Waals surface area contributed by atoms with Gasteiger partial charge in [0.25, 0.3) is 5.91 Å². The quantitative estimate of drug-likeness (QED) is 0.845. The number of furan rings is 1. The van der Waals surface area contributed by atoms with Crippen LogP contribution in [0.1, 0.15) is 29.1 Å². The molecule has 2 fully saturated rings. The van der Waals surface area contributed by atoms with Crippen molar-refractivity contribution in [1.82, 2.24) is 9.88 Å². The number of carbonyl (C=O) groups is 1. The first-order valence-corrected chi connectivity index (χ1v) is 8.63. The molecule has 0 N–H and O–H groups in total. The fourth-order valence-corrected chi connectivity index (χ4v) is 3.79. The molecule has 2 aromatic rings. The molecule has 2 saturated heterocycles. The highest BCUT2D eigenvalue weighted by molar-refractivity contribution is 7.13. The van der Waals surface area contributed by atoms with Crippen molar-refractivity contribution in [1.29, 1.82) is 0 Å². The Morgan fingerprint density at radius 1 is 1.26 bits per heavy atom. The summed E-state index contributed by atoms with van der Waals surface area (Å²) in [7, 11) is 0. The predicted octanol–water partition coefficient (Wildman–Crippen LogP) is 2.69. The summed E-state index contributed by atoms with van der Waals surface area (Å²) in [6, 6.07) is 3.77. The Morgan fingerprint density at radius 3 is 2.65 bits per heavy atom. The number of rotatable bonds is 2. The van der Waals surface area contributed by atoms with Crippen molar-refractivity contribution in [3.05, 3.63) is 29.0 Å². The maximum Gasteiger partial charge on any atom is 0.273 e. The summed E-state index contributed by atoms with van der Waals surface area (Å²) in [5.74, 6) is 1.04. The summed E-state index contributed by atoms with van der Waals surface area (Å²) in [6.07, 6.45) is 1.43. The van der Waals surface area contributed by atoms with Gasteiger partial charge in [-0.15, -0.1) is 11.3 Å². The summed E-state index contributed by atoms with van der Waals surface area (Å²) in [4.78, 5) is 18.9. The Balaban J connectivity index is 1.44. The molecule has 7 heteroatoms. The van der Waals surface area contributed by atoms with Crippen LogP contribution >= 0.6 is 11.3 Å². The van der Waals surface area contributed by atoms with E-state index in [0.29, 0.717) is 50.6 Å². The summed E-state index contributed by atoms with van der Waals surface area (Å²) in [5.41, 5.74) is 0.475. The van der Waals surface area contributed by atoms with Gasteiger partial charge < -0.3 is 18.8 Å². The zero-order chi connectivity index (χ0) is 15.9. The molecule has 4 rings (SSSR count). The van der Waals surface area contributed by atoms with Gasteiger partial charge in [-0.05, 0) is 19.1 Å². The molecule has 0 saturated carbocycles. The van der Waals surface area contributed by atoms with Gasteiger partial charge in [0.15, 0.2) is 16.6 Å². The zero-order valence-electron chi connectivity index (χ0n) is 12.9. The molecule has 0 radical (unpaired) electrons. The molecule has 0 bridgehead atoms. The van der Waals surface area contributed by atoms with Crippen molar-refractivity contribution in [2.75, 3.05) is 26.3 Å². The zero-order valence-corrected chi connectivity index (χ0v) is 13.7. The number of hydrogen-bond acceptors (Lipinski definition) is 6. The van der Waals surface area contributed by atoms with E-state index in [9.17, 15) is 4.79 Å². The molecule has 2 aliphatic rings. The minimum absolute atomic E-state index is 0.0383.